The number of amides is 1. The summed E-state index contributed by atoms with van der Waals surface area (Å²) in [5, 5.41) is 11.1. The van der Waals surface area contributed by atoms with E-state index in [1.165, 1.54) is 0 Å². The molecule has 0 unspecified atom stereocenters. The van der Waals surface area contributed by atoms with Crippen LogP contribution >= 0.6 is 0 Å². The smallest absolute Gasteiger partial charge is 0.269 e. The molecule has 92 valence electrons. The molecule has 0 aliphatic carbocycles. The van der Waals surface area contributed by atoms with Gasteiger partial charge in [-0.3, -0.25) is 20.4 Å². The van der Waals surface area contributed by atoms with Crippen molar-refractivity contribution in [2.45, 2.75) is 6.42 Å². The van der Waals surface area contributed by atoms with Crippen LogP contribution in [0.15, 0.2) is 12.3 Å². The Morgan fingerprint density at radius 1 is 1.44 bits per heavy atom. The Morgan fingerprint density at radius 2 is 2.12 bits per heavy atom. The van der Waals surface area contributed by atoms with Gasteiger partial charge >= 0.3 is 0 Å². The maximum atomic E-state index is 11.2. The van der Waals surface area contributed by atoms with Crippen LogP contribution in [0, 0.1) is 0 Å². The highest BCUT2D eigenvalue weighted by Gasteiger charge is 2.09. The van der Waals surface area contributed by atoms with Gasteiger partial charge in [0.2, 0.25) is 0 Å². The predicted molar refractivity (Wildman–Crippen MR) is 58.9 cm³/mol. The number of hydrogen-bond acceptors (Lipinski definition) is 5. The minimum atomic E-state index is -0.371. The molecule has 0 aromatic heterocycles. The Morgan fingerprint density at radius 3 is 2.75 bits per heavy atom. The molecule has 0 atom stereocenters. The molecule has 0 aromatic rings. The molecule has 0 spiro atoms. The van der Waals surface area contributed by atoms with Crippen LogP contribution in [0.5, 0.6) is 0 Å². The third-order valence-electron chi connectivity index (χ3n) is 2.45. The maximum absolute atomic E-state index is 11.2. The summed E-state index contributed by atoms with van der Waals surface area (Å²) >= 11 is 0. The molecular weight excluding hydrogens is 210 g/mol. The summed E-state index contributed by atoms with van der Waals surface area (Å²) < 4.78 is 5.23. The Labute approximate surface area is 95.2 Å². The molecule has 1 aliphatic rings. The van der Waals surface area contributed by atoms with E-state index in [0.717, 1.165) is 39.3 Å². The normalized spacial score (nSPS) is 16.8. The molecule has 0 radical (unpaired) electrons. The zero-order valence-corrected chi connectivity index (χ0v) is 9.37. The van der Waals surface area contributed by atoms with E-state index >= 15 is 0 Å². The number of nitrogens with one attached hydrogen (secondary N) is 2. The SMILES string of the molecule is C=C(NO)C(=O)NCCCN1CCOCC1. The number of carbonyl (C=O) groups excluding carboxylic acids is 1. The van der Waals surface area contributed by atoms with Gasteiger partial charge in [-0.1, -0.05) is 6.58 Å². The van der Waals surface area contributed by atoms with Crippen molar-refractivity contribution in [3.05, 3.63) is 12.3 Å². The summed E-state index contributed by atoms with van der Waals surface area (Å²) in [5.74, 6) is -0.371. The second-order valence-corrected chi connectivity index (χ2v) is 3.65. The lowest BCUT2D eigenvalue weighted by molar-refractivity contribution is -0.118. The number of rotatable bonds is 6. The fourth-order valence-electron chi connectivity index (χ4n) is 1.49. The highest BCUT2D eigenvalue weighted by Crippen LogP contribution is 1.97. The Bertz CT molecular complexity index is 239. The first-order valence-corrected chi connectivity index (χ1v) is 5.41. The lowest BCUT2D eigenvalue weighted by Gasteiger charge is -2.26. The lowest BCUT2D eigenvalue weighted by atomic mass is 10.3. The molecule has 1 fully saturated rings. The Balaban J connectivity index is 2.02. The number of hydroxylamine groups is 1. The third-order valence-corrected chi connectivity index (χ3v) is 2.45. The first-order valence-electron chi connectivity index (χ1n) is 5.41. The van der Waals surface area contributed by atoms with Crippen LogP contribution in [0.25, 0.3) is 0 Å². The van der Waals surface area contributed by atoms with Crippen molar-refractivity contribution < 1.29 is 14.7 Å². The number of nitrogens with zero attached hydrogens (tertiary/aromatic N) is 1. The van der Waals surface area contributed by atoms with E-state index in [1.807, 2.05) is 0 Å². The van der Waals surface area contributed by atoms with Gasteiger partial charge in [0.1, 0.15) is 5.70 Å². The van der Waals surface area contributed by atoms with Crippen LogP contribution in [0.1, 0.15) is 6.42 Å². The number of ether oxygens (including phenoxy) is 1. The highest BCUT2D eigenvalue weighted by atomic mass is 16.5. The zero-order chi connectivity index (χ0) is 11.8. The molecule has 6 heteroatoms. The first-order chi connectivity index (χ1) is 7.74. The van der Waals surface area contributed by atoms with Crippen molar-refractivity contribution in [1.29, 1.82) is 0 Å². The molecule has 0 saturated carbocycles. The molecule has 1 rings (SSSR count). The standard InChI is InChI=1S/C10H19N3O3/c1-9(12-15)10(14)11-3-2-4-13-5-7-16-8-6-13/h12,15H,1-8H2,(H,11,14). The zero-order valence-electron chi connectivity index (χ0n) is 9.37. The number of morpholine rings is 1. The first kappa shape index (κ1) is 13.0. The van der Waals surface area contributed by atoms with Gasteiger partial charge in [0, 0.05) is 19.6 Å². The van der Waals surface area contributed by atoms with Crippen LogP contribution < -0.4 is 10.8 Å². The monoisotopic (exact) mass is 229 g/mol. The summed E-state index contributed by atoms with van der Waals surface area (Å²) in [4.78, 5) is 13.5. The van der Waals surface area contributed by atoms with Gasteiger partial charge in [0.15, 0.2) is 0 Å². The fraction of sp³-hybridized carbons (Fsp3) is 0.700. The molecule has 0 bridgehead atoms. The Hall–Kier alpha value is -1.11. The van der Waals surface area contributed by atoms with E-state index in [-0.39, 0.29) is 11.6 Å². The largest absolute Gasteiger partial charge is 0.379 e. The van der Waals surface area contributed by atoms with E-state index in [2.05, 4.69) is 16.8 Å². The van der Waals surface area contributed by atoms with Crippen molar-refractivity contribution in [3.63, 3.8) is 0 Å². The Kier molecular flexibility index (Phi) is 5.84. The topological polar surface area (TPSA) is 73.8 Å². The molecule has 3 N–H and O–H groups in total. The van der Waals surface area contributed by atoms with Gasteiger partial charge < -0.3 is 10.1 Å². The molecule has 1 saturated heterocycles. The van der Waals surface area contributed by atoms with Crippen LogP contribution in [0.2, 0.25) is 0 Å². The third kappa shape index (κ3) is 4.61. The molecule has 16 heavy (non-hydrogen) atoms. The second-order valence-electron chi connectivity index (χ2n) is 3.65. The van der Waals surface area contributed by atoms with Crippen LogP contribution in [0.3, 0.4) is 0 Å². The summed E-state index contributed by atoms with van der Waals surface area (Å²) in [6.07, 6.45) is 0.879. The van der Waals surface area contributed by atoms with Crippen molar-refractivity contribution in [2.75, 3.05) is 39.4 Å². The predicted octanol–water partition coefficient (Wildman–Crippen LogP) is -0.683. The van der Waals surface area contributed by atoms with Gasteiger partial charge in [-0.05, 0) is 13.0 Å². The average Bonchev–Trinajstić information content (AvgIpc) is 2.34. The van der Waals surface area contributed by atoms with Gasteiger partial charge in [-0.25, -0.2) is 0 Å². The van der Waals surface area contributed by atoms with E-state index in [0.29, 0.717) is 6.54 Å². The van der Waals surface area contributed by atoms with E-state index < -0.39 is 0 Å². The van der Waals surface area contributed by atoms with Crippen molar-refractivity contribution >= 4 is 5.91 Å². The molecular formula is C10H19N3O3. The second kappa shape index (κ2) is 7.21. The van der Waals surface area contributed by atoms with Gasteiger partial charge in [0.05, 0.1) is 13.2 Å². The summed E-state index contributed by atoms with van der Waals surface area (Å²) in [7, 11) is 0. The van der Waals surface area contributed by atoms with Gasteiger partial charge in [-0.15, -0.1) is 0 Å². The molecule has 1 heterocycles. The maximum Gasteiger partial charge on any atom is 0.269 e. The average molecular weight is 229 g/mol. The van der Waals surface area contributed by atoms with E-state index in [4.69, 9.17) is 9.94 Å². The van der Waals surface area contributed by atoms with Gasteiger partial charge in [-0.2, -0.15) is 0 Å². The lowest BCUT2D eigenvalue weighted by Crippen LogP contribution is -2.38. The minimum Gasteiger partial charge on any atom is -0.379 e. The van der Waals surface area contributed by atoms with E-state index in [9.17, 15) is 4.79 Å². The highest BCUT2D eigenvalue weighted by molar-refractivity contribution is 5.91. The number of hydrogen-bond donors (Lipinski definition) is 3. The summed E-state index contributed by atoms with van der Waals surface area (Å²) in [6.45, 7) is 8.36. The van der Waals surface area contributed by atoms with Crippen molar-refractivity contribution in [3.8, 4) is 0 Å². The molecule has 1 amide bonds. The quantitative estimate of drug-likeness (QED) is 0.320. The van der Waals surface area contributed by atoms with Crippen LogP contribution in [0.4, 0.5) is 0 Å². The van der Waals surface area contributed by atoms with Crippen molar-refractivity contribution in [2.24, 2.45) is 0 Å². The molecule has 1 aliphatic heterocycles. The summed E-state index contributed by atoms with van der Waals surface area (Å²) in [6, 6.07) is 0. The molecule has 6 nitrogen and oxygen atoms in total. The van der Waals surface area contributed by atoms with Crippen LogP contribution in [-0.4, -0.2) is 55.4 Å². The number of carbonyl (C=O) groups is 1. The van der Waals surface area contributed by atoms with Crippen molar-refractivity contribution in [1.82, 2.24) is 15.7 Å². The minimum absolute atomic E-state index is 0.0358. The van der Waals surface area contributed by atoms with Gasteiger partial charge in [0.25, 0.3) is 5.91 Å². The van der Waals surface area contributed by atoms with E-state index in [1.54, 1.807) is 5.48 Å². The molecule has 0 aromatic carbocycles. The summed E-state index contributed by atoms with van der Waals surface area (Å²) in [5.41, 5.74) is 1.69. The fourth-order valence-corrected chi connectivity index (χ4v) is 1.49. The van der Waals surface area contributed by atoms with Crippen LogP contribution in [-0.2, 0) is 9.53 Å².